The normalized spacial score (nSPS) is 20.6. The average molecular weight is 532 g/mol. The van der Waals surface area contributed by atoms with E-state index in [9.17, 15) is 8.42 Å². The van der Waals surface area contributed by atoms with Crippen molar-refractivity contribution < 1.29 is 8.42 Å². The topological polar surface area (TPSA) is 118 Å². The van der Waals surface area contributed by atoms with E-state index in [-0.39, 0.29) is 6.04 Å². The van der Waals surface area contributed by atoms with Gasteiger partial charge in [-0.25, -0.2) is 17.9 Å². The fraction of sp³-hybridized carbons (Fsp3) is 0.357. The molecule has 198 valence electrons. The first kappa shape index (κ1) is 24.8. The molecule has 3 heterocycles. The van der Waals surface area contributed by atoms with E-state index in [4.69, 9.17) is 10.8 Å². The number of benzene rings is 2. The molecule has 1 saturated carbocycles. The first-order valence-corrected chi connectivity index (χ1v) is 14.7. The van der Waals surface area contributed by atoms with Crippen LogP contribution in [0.25, 0.3) is 16.9 Å². The summed E-state index contributed by atoms with van der Waals surface area (Å²) in [6.07, 6.45) is 7.67. The van der Waals surface area contributed by atoms with Crippen LogP contribution in [0, 0.1) is 0 Å². The molecule has 0 spiro atoms. The van der Waals surface area contributed by atoms with Crippen LogP contribution in [0.15, 0.2) is 71.8 Å². The van der Waals surface area contributed by atoms with E-state index in [0.717, 1.165) is 67.0 Å². The van der Waals surface area contributed by atoms with Crippen molar-refractivity contribution in [3.8, 4) is 11.3 Å². The number of hydrogen-bond acceptors (Lipinski definition) is 7. The fourth-order valence-electron chi connectivity index (χ4n) is 5.35. The number of fused-ring (bicyclic) bond motifs is 1. The van der Waals surface area contributed by atoms with Gasteiger partial charge in [-0.1, -0.05) is 30.3 Å². The maximum atomic E-state index is 12.9. The standard InChI is InChI=1S/C28H33N7O2S/c29-21-8-10-23(11-9-21)32-27-18-25(28-30-19-26(35(28)33-27)20-6-2-1-3-7-20)31-22-12-14-24(15-13-22)38(36,37)34-16-4-5-17-34/h1-3,6-7,12-15,18-19,21,23,31H,4-5,8-11,16-17,29H2,(H,32,33). The maximum absolute atomic E-state index is 12.9. The second-order valence-corrected chi connectivity index (χ2v) is 12.1. The summed E-state index contributed by atoms with van der Waals surface area (Å²) in [7, 11) is -3.46. The van der Waals surface area contributed by atoms with Crippen molar-refractivity contribution in [2.24, 2.45) is 5.73 Å². The lowest BCUT2D eigenvalue weighted by Crippen LogP contribution is -2.33. The van der Waals surface area contributed by atoms with Crippen LogP contribution >= 0.6 is 0 Å². The molecule has 4 N–H and O–H groups in total. The zero-order chi connectivity index (χ0) is 26.1. The molecule has 0 unspecified atom stereocenters. The van der Waals surface area contributed by atoms with Crippen LogP contribution in [0.1, 0.15) is 38.5 Å². The SMILES string of the molecule is NC1CCC(Nc2cc(Nc3ccc(S(=O)(=O)N4CCCC4)cc3)c3ncc(-c4ccccc4)n3n2)CC1. The molecule has 10 heteroatoms. The number of sulfonamides is 1. The van der Waals surface area contributed by atoms with Crippen LogP contribution in [0.5, 0.6) is 0 Å². The molecule has 0 atom stereocenters. The van der Waals surface area contributed by atoms with Crippen molar-refractivity contribution in [3.63, 3.8) is 0 Å². The monoisotopic (exact) mass is 531 g/mol. The number of imidazole rings is 1. The molecule has 9 nitrogen and oxygen atoms in total. The largest absolute Gasteiger partial charge is 0.366 e. The van der Waals surface area contributed by atoms with Gasteiger partial charge in [0, 0.05) is 42.5 Å². The summed E-state index contributed by atoms with van der Waals surface area (Å²) in [6, 6.07) is 19.6. The summed E-state index contributed by atoms with van der Waals surface area (Å²) >= 11 is 0. The van der Waals surface area contributed by atoms with Gasteiger partial charge in [-0.05, 0) is 62.8 Å². The molecule has 2 aromatic carbocycles. The zero-order valence-corrected chi connectivity index (χ0v) is 22.1. The lowest BCUT2D eigenvalue weighted by molar-refractivity contribution is 0.410. The Morgan fingerprint density at radius 1 is 0.921 bits per heavy atom. The number of aromatic nitrogens is 3. The highest BCUT2D eigenvalue weighted by atomic mass is 32.2. The molecule has 0 amide bonds. The maximum Gasteiger partial charge on any atom is 0.243 e. The van der Waals surface area contributed by atoms with Gasteiger partial charge in [0.2, 0.25) is 10.0 Å². The zero-order valence-electron chi connectivity index (χ0n) is 21.3. The van der Waals surface area contributed by atoms with Crippen molar-refractivity contribution >= 4 is 32.9 Å². The summed E-state index contributed by atoms with van der Waals surface area (Å²) in [5, 5.41) is 12.0. The van der Waals surface area contributed by atoms with Crippen molar-refractivity contribution in [3.05, 3.63) is 66.9 Å². The van der Waals surface area contributed by atoms with Crippen molar-refractivity contribution in [2.45, 2.75) is 55.5 Å². The average Bonchev–Trinajstić information content (AvgIpc) is 3.62. The van der Waals surface area contributed by atoms with Gasteiger partial charge in [0.05, 0.1) is 22.5 Å². The summed E-state index contributed by atoms with van der Waals surface area (Å²) in [5.41, 5.74) is 10.3. The summed E-state index contributed by atoms with van der Waals surface area (Å²) in [4.78, 5) is 5.00. The van der Waals surface area contributed by atoms with Gasteiger partial charge in [-0.2, -0.15) is 4.31 Å². The van der Waals surface area contributed by atoms with Crippen molar-refractivity contribution in [1.29, 1.82) is 0 Å². The third kappa shape index (κ3) is 4.99. The molecule has 2 aromatic heterocycles. The molecule has 1 aliphatic carbocycles. The number of hydrogen-bond donors (Lipinski definition) is 3. The Bertz CT molecular complexity index is 1510. The van der Waals surface area contributed by atoms with E-state index in [1.807, 2.05) is 47.1 Å². The van der Waals surface area contributed by atoms with Gasteiger partial charge in [0.25, 0.3) is 0 Å². The second-order valence-electron chi connectivity index (χ2n) is 10.2. The number of nitrogens with one attached hydrogen (secondary N) is 2. The highest BCUT2D eigenvalue weighted by molar-refractivity contribution is 7.89. The Hall–Kier alpha value is -3.47. The van der Waals surface area contributed by atoms with Gasteiger partial charge >= 0.3 is 0 Å². The lowest BCUT2D eigenvalue weighted by atomic mass is 9.92. The van der Waals surface area contributed by atoms with Crippen molar-refractivity contribution in [2.75, 3.05) is 23.7 Å². The predicted octanol–water partition coefficient (Wildman–Crippen LogP) is 4.61. The Morgan fingerprint density at radius 3 is 2.34 bits per heavy atom. The molecule has 1 aliphatic heterocycles. The highest BCUT2D eigenvalue weighted by Gasteiger charge is 2.27. The van der Waals surface area contributed by atoms with Gasteiger partial charge in [-0.3, -0.25) is 0 Å². The Kier molecular flexibility index (Phi) is 6.77. The number of rotatable bonds is 7. The second kappa shape index (κ2) is 10.4. The first-order chi connectivity index (χ1) is 18.5. The van der Waals surface area contributed by atoms with Gasteiger partial charge < -0.3 is 16.4 Å². The number of anilines is 3. The molecule has 0 bridgehead atoms. The molecule has 2 aliphatic rings. The van der Waals surface area contributed by atoms with Crippen LogP contribution in [0.3, 0.4) is 0 Å². The van der Waals surface area contributed by atoms with Crippen LogP contribution in [0.2, 0.25) is 0 Å². The Morgan fingerprint density at radius 2 is 1.63 bits per heavy atom. The molecule has 0 radical (unpaired) electrons. The molecule has 2 fully saturated rings. The molecule has 1 saturated heterocycles. The minimum Gasteiger partial charge on any atom is -0.366 e. The smallest absolute Gasteiger partial charge is 0.243 e. The molecular weight excluding hydrogens is 498 g/mol. The van der Waals surface area contributed by atoms with E-state index in [0.29, 0.717) is 29.7 Å². The summed E-state index contributed by atoms with van der Waals surface area (Å²) < 4.78 is 29.3. The van der Waals surface area contributed by atoms with E-state index in [1.165, 1.54) is 0 Å². The van der Waals surface area contributed by atoms with Crippen molar-refractivity contribution in [1.82, 2.24) is 18.9 Å². The van der Waals surface area contributed by atoms with E-state index < -0.39 is 10.0 Å². The first-order valence-electron chi connectivity index (χ1n) is 13.3. The molecular formula is C28H33N7O2S. The Labute approximate surface area is 223 Å². The molecule has 38 heavy (non-hydrogen) atoms. The van der Waals surface area contributed by atoms with E-state index in [2.05, 4.69) is 15.6 Å². The minimum atomic E-state index is -3.46. The van der Waals surface area contributed by atoms with Crippen LogP contribution in [0.4, 0.5) is 17.2 Å². The molecule has 4 aromatic rings. The summed E-state index contributed by atoms with van der Waals surface area (Å²) in [5.74, 6) is 0.754. The fourth-order valence-corrected chi connectivity index (χ4v) is 6.87. The van der Waals surface area contributed by atoms with Gasteiger partial charge in [0.1, 0.15) is 5.82 Å². The Balaban J connectivity index is 1.33. The predicted molar refractivity (Wildman–Crippen MR) is 150 cm³/mol. The number of nitrogens with two attached hydrogens (primary N) is 1. The minimum absolute atomic E-state index is 0.274. The van der Waals surface area contributed by atoms with Crippen LogP contribution < -0.4 is 16.4 Å². The molecule has 6 rings (SSSR count). The van der Waals surface area contributed by atoms with Gasteiger partial charge in [-0.15, -0.1) is 5.10 Å². The third-order valence-corrected chi connectivity index (χ3v) is 9.41. The quantitative estimate of drug-likeness (QED) is 0.319. The highest BCUT2D eigenvalue weighted by Crippen LogP contribution is 2.30. The summed E-state index contributed by atoms with van der Waals surface area (Å²) in [6.45, 7) is 1.17. The lowest BCUT2D eigenvalue weighted by Gasteiger charge is -2.27. The van der Waals surface area contributed by atoms with Crippen LogP contribution in [-0.4, -0.2) is 52.5 Å². The van der Waals surface area contributed by atoms with Crippen LogP contribution in [-0.2, 0) is 10.0 Å². The van der Waals surface area contributed by atoms with E-state index in [1.54, 1.807) is 28.6 Å². The third-order valence-electron chi connectivity index (χ3n) is 7.50. The van der Waals surface area contributed by atoms with E-state index >= 15 is 0 Å². The van der Waals surface area contributed by atoms with Gasteiger partial charge in [0.15, 0.2) is 5.65 Å². The number of nitrogens with zero attached hydrogens (tertiary/aromatic N) is 4.